The first kappa shape index (κ1) is 18.1. The summed E-state index contributed by atoms with van der Waals surface area (Å²) in [7, 11) is -3.51. The minimum Gasteiger partial charge on any atom is -0.389 e. The lowest BCUT2D eigenvalue weighted by molar-refractivity contribution is 0.199. The predicted octanol–water partition coefficient (Wildman–Crippen LogP) is 3.33. The van der Waals surface area contributed by atoms with Crippen LogP contribution in [0.25, 0.3) is 0 Å². The topological polar surface area (TPSA) is 57.6 Å². The summed E-state index contributed by atoms with van der Waals surface area (Å²) >= 11 is 0. The van der Waals surface area contributed by atoms with E-state index in [-0.39, 0.29) is 10.9 Å². The fraction of sp³-hybridized carbons (Fsp3) is 0.625. The molecule has 0 amide bonds. The summed E-state index contributed by atoms with van der Waals surface area (Å²) in [5, 5.41) is 9.63. The Morgan fingerprint density at radius 1 is 1.19 bits per heavy atom. The highest BCUT2D eigenvalue weighted by molar-refractivity contribution is 7.89. The summed E-state index contributed by atoms with van der Waals surface area (Å²) in [6.45, 7) is 8.05. The van der Waals surface area contributed by atoms with E-state index in [9.17, 15) is 13.5 Å². The molecule has 1 unspecified atom stereocenters. The van der Waals surface area contributed by atoms with Gasteiger partial charge in [-0.05, 0) is 44.9 Å². The van der Waals surface area contributed by atoms with Gasteiger partial charge in [0.25, 0.3) is 0 Å². The second kappa shape index (κ2) is 7.92. The highest BCUT2D eigenvalue weighted by Crippen LogP contribution is 2.22. The van der Waals surface area contributed by atoms with Crippen LogP contribution in [0.2, 0.25) is 0 Å². The molecule has 4 nitrogen and oxygen atoms in total. The van der Waals surface area contributed by atoms with Crippen LogP contribution in [0.4, 0.5) is 0 Å². The first-order chi connectivity index (χ1) is 9.80. The average molecular weight is 313 g/mol. The van der Waals surface area contributed by atoms with E-state index in [4.69, 9.17) is 0 Å². The Bertz CT molecular complexity index is 538. The van der Waals surface area contributed by atoms with E-state index in [0.29, 0.717) is 12.1 Å². The molecule has 0 fully saturated rings. The zero-order chi connectivity index (χ0) is 16.0. The summed E-state index contributed by atoms with van der Waals surface area (Å²) in [5.74, 6) is 0. The van der Waals surface area contributed by atoms with Crippen molar-refractivity contribution in [2.75, 3.05) is 6.54 Å². The fourth-order valence-electron chi connectivity index (χ4n) is 2.24. The lowest BCUT2D eigenvalue weighted by Gasteiger charge is -2.26. The maximum Gasteiger partial charge on any atom is 0.243 e. The van der Waals surface area contributed by atoms with Crippen molar-refractivity contribution in [1.29, 1.82) is 0 Å². The third-order valence-corrected chi connectivity index (χ3v) is 5.58. The Labute approximate surface area is 128 Å². The van der Waals surface area contributed by atoms with E-state index in [2.05, 4.69) is 6.92 Å². The molecule has 0 aromatic heterocycles. The molecule has 0 aliphatic rings. The van der Waals surface area contributed by atoms with E-state index in [1.54, 1.807) is 35.5 Å². The van der Waals surface area contributed by atoms with Crippen LogP contribution in [-0.4, -0.2) is 30.4 Å². The van der Waals surface area contributed by atoms with Gasteiger partial charge in [0.1, 0.15) is 0 Å². The number of sulfonamides is 1. The smallest absolute Gasteiger partial charge is 0.243 e. The fourth-order valence-corrected chi connectivity index (χ4v) is 3.97. The largest absolute Gasteiger partial charge is 0.389 e. The Kier molecular flexibility index (Phi) is 6.84. The van der Waals surface area contributed by atoms with E-state index >= 15 is 0 Å². The molecule has 0 heterocycles. The first-order valence-corrected chi connectivity index (χ1v) is 9.04. The van der Waals surface area contributed by atoms with Crippen molar-refractivity contribution < 1.29 is 13.5 Å². The summed E-state index contributed by atoms with van der Waals surface area (Å²) in [4.78, 5) is 0.256. The third kappa shape index (κ3) is 4.80. The molecule has 0 bridgehead atoms. The van der Waals surface area contributed by atoms with Gasteiger partial charge in [0, 0.05) is 12.6 Å². The zero-order valence-corrected chi connectivity index (χ0v) is 14.2. The number of rotatable bonds is 8. The summed E-state index contributed by atoms with van der Waals surface area (Å²) in [6, 6.07) is 6.49. The van der Waals surface area contributed by atoms with Gasteiger partial charge < -0.3 is 5.11 Å². The average Bonchev–Trinajstić information content (AvgIpc) is 2.43. The molecule has 0 radical (unpaired) electrons. The SMILES string of the molecule is CCCCCN(C(C)C)S(=O)(=O)c1cccc(C(C)O)c1. The van der Waals surface area contributed by atoms with Crippen molar-refractivity contribution in [3.8, 4) is 0 Å². The predicted molar refractivity (Wildman–Crippen MR) is 85.6 cm³/mol. The molecule has 1 aromatic carbocycles. The van der Waals surface area contributed by atoms with Gasteiger partial charge in [0.2, 0.25) is 10.0 Å². The highest BCUT2D eigenvalue weighted by atomic mass is 32.2. The van der Waals surface area contributed by atoms with E-state index in [1.165, 1.54) is 0 Å². The Morgan fingerprint density at radius 2 is 1.86 bits per heavy atom. The van der Waals surface area contributed by atoms with Gasteiger partial charge in [-0.1, -0.05) is 31.9 Å². The molecule has 0 aliphatic carbocycles. The first-order valence-electron chi connectivity index (χ1n) is 7.60. The number of unbranched alkanes of at least 4 members (excludes halogenated alkanes) is 2. The molecule has 1 aromatic rings. The van der Waals surface area contributed by atoms with Gasteiger partial charge in [0.05, 0.1) is 11.0 Å². The number of hydrogen-bond donors (Lipinski definition) is 1. The summed E-state index contributed by atoms with van der Waals surface area (Å²) < 4.78 is 27.1. The van der Waals surface area contributed by atoms with Crippen molar-refractivity contribution in [2.45, 2.75) is 64.0 Å². The molecule has 1 rings (SSSR count). The standard InChI is InChI=1S/C16H27NO3S/c1-5-6-7-11-17(13(2)3)21(19,20)16-10-8-9-15(12-16)14(4)18/h8-10,12-14,18H,5-7,11H2,1-4H3. The molecule has 0 spiro atoms. The maximum absolute atomic E-state index is 12.8. The lowest BCUT2D eigenvalue weighted by atomic mass is 10.1. The van der Waals surface area contributed by atoms with Crippen LogP contribution in [0.15, 0.2) is 29.2 Å². The molecule has 21 heavy (non-hydrogen) atoms. The second-order valence-electron chi connectivity index (χ2n) is 5.67. The third-order valence-electron chi connectivity index (χ3n) is 3.51. The Morgan fingerprint density at radius 3 is 2.38 bits per heavy atom. The van der Waals surface area contributed by atoms with Crippen LogP contribution in [0, 0.1) is 0 Å². The number of aliphatic hydroxyl groups excluding tert-OH is 1. The van der Waals surface area contributed by atoms with E-state index in [0.717, 1.165) is 19.3 Å². The maximum atomic E-state index is 12.8. The quantitative estimate of drug-likeness (QED) is 0.749. The number of nitrogens with zero attached hydrogens (tertiary/aromatic N) is 1. The van der Waals surface area contributed by atoms with Crippen LogP contribution in [0.1, 0.15) is 58.6 Å². The lowest BCUT2D eigenvalue weighted by Crippen LogP contribution is -2.37. The van der Waals surface area contributed by atoms with Crippen LogP contribution >= 0.6 is 0 Å². The minimum absolute atomic E-state index is 0.0814. The molecular formula is C16H27NO3S. The molecule has 5 heteroatoms. The van der Waals surface area contributed by atoms with Gasteiger partial charge in [-0.25, -0.2) is 8.42 Å². The Balaban J connectivity index is 3.08. The van der Waals surface area contributed by atoms with Crippen molar-refractivity contribution in [3.63, 3.8) is 0 Å². The van der Waals surface area contributed by atoms with Gasteiger partial charge in [0.15, 0.2) is 0 Å². The molecule has 120 valence electrons. The molecule has 0 aliphatic heterocycles. The highest BCUT2D eigenvalue weighted by Gasteiger charge is 2.26. The van der Waals surface area contributed by atoms with Gasteiger partial charge in [-0.15, -0.1) is 0 Å². The van der Waals surface area contributed by atoms with Gasteiger partial charge in [-0.2, -0.15) is 4.31 Å². The molecule has 0 saturated carbocycles. The van der Waals surface area contributed by atoms with Gasteiger partial charge in [-0.3, -0.25) is 0 Å². The summed E-state index contributed by atoms with van der Waals surface area (Å²) in [6.07, 6.45) is 2.27. The van der Waals surface area contributed by atoms with Crippen molar-refractivity contribution in [1.82, 2.24) is 4.31 Å². The minimum atomic E-state index is -3.51. The number of hydrogen-bond acceptors (Lipinski definition) is 3. The second-order valence-corrected chi connectivity index (χ2v) is 7.56. The summed E-state index contributed by atoms with van der Waals surface area (Å²) in [5.41, 5.74) is 0.619. The monoisotopic (exact) mass is 313 g/mol. The Hall–Kier alpha value is -0.910. The molecular weight excluding hydrogens is 286 g/mol. The molecule has 1 N–H and O–H groups in total. The van der Waals surface area contributed by atoms with Crippen molar-refractivity contribution in [2.24, 2.45) is 0 Å². The molecule has 0 saturated heterocycles. The normalized spacial score (nSPS) is 13.9. The number of aliphatic hydroxyl groups is 1. The van der Waals surface area contributed by atoms with Crippen LogP contribution in [-0.2, 0) is 10.0 Å². The van der Waals surface area contributed by atoms with Gasteiger partial charge >= 0.3 is 0 Å². The zero-order valence-electron chi connectivity index (χ0n) is 13.4. The van der Waals surface area contributed by atoms with Crippen LogP contribution in [0.5, 0.6) is 0 Å². The van der Waals surface area contributed by atoms with Crippen molar-refractivity contribution >= 4 is 10.0 Å². The van der Waals surface area contributed by atoms with Crippen molar-refractivity contribution in [3.05, 3.63) is 29.8 Å². The van der Waals surface area contributed by atoms with Crippen LogP contribution in [0.3, 0.4) is 0 Å². The number of benzene rings is 1. The van der Waals surface area contributed by atoms with E-state index < -0.39 is 16.1 Å². The molecule has 1 atom stereocenters. The van der Waals surface area contributed by atoms with E-state index in [1.807, 2.05) is 13.8 Å². The van der Waals surface area contributed by atoms with Crippen LogP contribution < -0.4 is 0 Å².